The van der Waals surface area contributed by atoms with Crippen molar-refractivity contribution in [3.8, 4) is 11.1 Å². The van der Waals surface area contributed by atoms with Crippen molar-refractivity contribution in [1.82, 2.24) is 5.32 Å². The highest BCUT2D eigenvalue weighted by atomic mass is 19.4. The average Bonchev–Trinajstić information content (AvgIpc) is 2.65. The van der Waals surface area contributed by atoms with Gasteiger partial charge in [-0.15, -0.1) is 0 Å². The molecule has 1 amide bonds. The zero-order valence-corrected chi connectivity index (χ0v) is 15.8. The summed E-state index contributed by atoms with van der Waals surface area (Å²) in [5.74, 6) is 0.192. The van der Waals surface area contributed by atoms with Crippen molar-refractivity contribution >= 4 is 16.7 Å². The Morgan fingerprint density at radius 1 is 1.07 bits per heavy atom. The summed E-state index contributed by atoms with van der Waals surface area (Å²) in [7, 11) is 0. The van der Waals surface area contributed by atoms with E-state index in [-0.39, 0.29) is 11.9 Å². The van der Waals surface area contributed by atoms with E-state index in [1.54, 1.807) is 6.07 Å². The van der Waals surface area contributed by atoms with Gasteiger partial charge in [0.25, 0.3) is 5.91 Å². The van der Waals surface area contributed by atoms with Gasteiger partial charge in [-0.05, 0) is 53.1 Å². The quantitative estimate of drug-likeness (QED) is 0.647. The number of fused-ring (bicyclic) bond motifs is 1. The Balaban J connectivity index is 1.61. The van der Waals surface area contributed by atoms with Gasteiger partial charge in [-0.1, -0.05) is 36.4 Å². The maximum Gasteiger partial charge on any atom is 0.416 e. The largest absolute Gasteiger partial charge is 0.416 e. The molecule has 29 heavy (non-hydrogen) atoms. The van der Waals surface area contributed by atoms with Gasteiger partial charge in [-0.25, -0.2) is 0 Å². The molecule has 0 aliphatic carbocycles. The third kappa shape index (κ3) is 3.98. The summed E-state index contributed by atoms with van der Waals surface area (Å²) in [5.41, 5.74) is 1.39. The molecule has 0 spiro atoms. The van der Waals surface area contributed by atoms with Crippen LogP contribution in [0.25, 0.3) is 21.9 Å². The fourth-order valence-electron chi connectivity index (χ4n) is 3.47. The molecule has 3 aromatic rings. The lowest BCUT2D eigenvalue weighted by molar-refractivity contribution is -0.137. The Bertz CT molecular complexity index is 1040. The summed E-state index contributed by atoms with van der Waals surface area (Å²) in [6, 6.07) is 16.1. The number of alkyl halides is 3. The Morgan fingerprint density at radius 2 is 1.79 bits per heavy atom. The first-order chi connectivity index (χ1) is 13.8. The van der Waals surface area contributed by atoms with E-state index in [0.717, 1.165) is 28.5 Å². The topological polar surface area (TPSA) is 38.3 Å². The summed E-state index contributed by atoms with van der Waals surface area (Å²) in [4.78, 5) is 12.6. The van der Waals surface area contributed by atoms with Crippen LogP contribution in [0.5, 0.6) is 0 Å². The number of rotatable bonds is 4. The van der Waals surface area contributed by atoms with Crippen LogP contribution in [0.3, 0.4) is 0 Å². The summed E-state index contributed by atoms with van der Waals surface area (Å²) >= 11 is 0. The minimum absolute atomic E-state index is 0.0328. The van der Waals surface area contributed by atoms with Crippen LogP contribution in [0.15, 0.2) is 60.7 Å². The van der Waals surface area contributed by atoms with Gasteiger partial charge in [0.15, 0.2) is 0 Å². The zero-order chi connectivity index (χ0) is 20.6. The van der Waals surface area contributed by atoms with Gasteiger partial charge in [-0.3, -0.25) is 4.79 Å². The monoisotopic (exact) mass is 399 g/mol. The second kappa shape index (κ2) is 7.52. The summed E-state index contributed by atoms with van der Waals surface area (Å²) in [5, 5.41) is 4.74. The van der Waals surface area contributed by atoms with E-state index in [4.69, 9.17) is 4.74 Å². The maximum absolute atomic E-state index is 12.8. The molecule has 1 aliphatic rings. The fraction of sp³-hybridized carbons (Fsp3) is 0.261. The molecule has 1 aliphatic heterocycles. The summed E-state index contributed by atoms with van der Waals surface area (Å²) in [6.45, 7) is 3.29. The first kappa shape index (κ1) is 19.5. The van der Waals surface area contributed by atoms with Crippen molar-refractivity contribution in [1.29, 1.82) is 0 Å². The number of carbonyl (C=O) groups excluding carboxylic acids is 1. The van der Waals surface area contributed by atoms with Gasteiger partial charge in [0.2, 0.25) is 0 Å². The number of hydrogen-bond acceptors (Lipinski definition) is 2. The molecule has 0 radical (unpaired) electrons. The second-order valence-electron chi connectivity index (χ2n) is 7.38. The van der Waals surface area contributed by atoms with E-state index in [2.05, 4.69) is 5.32 Å². The SMILES string of the molecule is C[C@@H](NC(=O)c1ccc2c(-c3ccc(C(F)(F)F)cc3)cccc2c1)C1COC1. The number of hydrogen-bond donors (Lipinski definition) is 1. The predicted octanol–water partition coefficient (Wildman–Crippen LogP) is 5.29. The molecule has 0 unspecified atom stereocenters. The summed E-state index contributed by atoms with van der Waals surface area (Å²) < 4.78 is 43.6. The van der Waals surface area contributed by atoms with Crippen LogP contribution in [-0.2, 0) is 10.9 Å². The first-order valence-electron chi connectivity index (χ1n) is 9.42. The molecule has 4 rings (SSSR count). The van der Waals surface area contributed by atoms with Gasteiger partial charge >= 0.3 is 6.18 Å². The van der Waals surface area contributed by atoms with E-state index in [1.165, 1.54) is 12.1 Å². The number of amides is 1. The van der Waals surface area contributed by atoms with Crippen LogP contribution in [0, 0.1) is 5.92 Å². The van der Waals surface area contributed by atoms with Gasteiger partial charge < -0.3 is 10.1 Å². The number of benzene rings is 3. The minimum atomic E-state index is -4.36. The van der Waals surface area contributed by atoms with Crippen molar-refractivity contribution in [2.24, 2.45) is 5.92 Å². The highest BCUT2D eigenvalue weighted by Gasteiger charge is 2.30. The van der Waals surface area contributed by atoms with Crippen molar-refractivity contribution in [2.75, 3.05) is 13.2 Å². The minimum Gasteiger partial charge on any atom is -0.381 e. The Morgan fingerprint density at radius 3 is 2.41 bits per heavy atom. The van der Waals surface area contributed by atoms with Crippen LogP contribution in [-0.4, -0.2) is 25.2 Å². The van der Waals surface area contributed by atoms with Crippen molar-refractivity contribution in [2.45, 2.75) is 19.1 Å². The summed E-state index contributed by atoms with van der Waals surface area (Å²) in [6.07, 6.45) is -4.36. The molecule has 0 saturated carbocycles. The van der Waals surface area contributed by atoms with E-state index < -0.39 is 11.7 Å². The lowest BCUT2D eigenvalue weighted by Crippen LogP contribution is -2.46. The second-order valence-corrected chi connectivity index (χ2v) is 7.38. The molecular formula is C23H20F3NO2. The molecule has 1 atom stereocenters. The van der Waals surface area contributed by atoms with Crippen LogP contribution in [0.4, 0.5) is 13.2 Å². The van der Waals surface area contributed by atoms with Crippen molar-refractivity contribution in [3.63, 3.8) is 0 Å². The molecule has 1 N–H and O–H groups in total. The van der Waals surface area contributed by atoms with Gasteiger partial charge in [-0.2, -0.15) is 13.2 Å². The number of ether oxygens (including phenoxy) is 1. The first-order valence-corrected chi connectivity index (χ1v) is 9.42. The molecule has 3 nitrogen and oxygen atoms in total. The highest BCUT2D eigenvalue weighted by Crippen LogP contribution is 2.33. The average molecular weight is 399 g/mol. The smallest absolute Gasteiger partial charge is 0.381 e. The molecule has 3 aromatic carbocycles. The molecule has 0 aromatic heterocycles. The molecular weight excluding hydrogens is 379 g/mol. The Hall–Kier alpha value is -2.86. The number of halogens is 3. The van der Waals surface area contributed by atoms with Crippen LogP contribution < -0.4 is 5.32 Å². The third-order valence-electron chi connectivity index (χ3n) is 5.40. The zero-order valence-electron chi connectivity index (χ0n) is 15.8. The normalized spacial score (nSPS) is 15.7. The van der Waals surface area contributed by atoms with Gasteiger partial charge in [0.1, 0.15) is 0 Å². The lowest BCUT2D eigenvalue weighted by Gasteiger charge is -2.31. The van der Waals surface area contributed by atoms with E-state index >= 15 is 0 Å². The highest BCUT2D eigenvalue weighted by molar-refractivity contribution is 6.02. The van der Waals surface area contributed by atoms with Crippen LogP contribution in [0.2, 0.25) is 0 Å². The Kier molecular flexibility index (Phi) is 5.04. The van der Waals surface area contributed by atoms with Gasteiger partial charge in [0, 0.05) is 17.5 Å². The van der Waals surface area contributed by atoms with E-state index in [9.17, 15) is 18.0 Å². The lowest BCUT2D eigenvalue weighted by atomic mass is 9.95. The van der Waals surface area contributed by atoms with Crippen molar-refractivity contribution in [3.05, 3.63) is 71.8 Å². The molecule has 1 saturated heterocycles. The molecule has 6 heteroatoms. The van der Waals surface area contributed by atoms with Crippen molar-refractivity contribution < 1.29 is 22.7 Å². The standard InChI is InChI=1S/C23H20F3NO2/c1-14(18-12-29-13-18)27-22(28)17-7-10-21-16(11-17)3-2-4-20(21)15-5-8-19(9-6-15)23(24,25)26/h2-11,14,18H,12-13H2,1H3,(H,27,28)/t14-/m1/s1. The van der Waals surface area contributed by atoms with Crippen LogP contribution >= 0.6 is 0 Å². The fourth-order valence-corrected chi connectivity index (χ4v) is 3.47. The predicted molar refractivity (Wildman–Crippen MR) is 106 cm³/mol. The number of nitrogens with one attached hydrogen (secondary N) is 1. The van der Waals surface area contributed by atoms with Crippen LogP contribution in [0.1, 0.15) is 22.8 Å². The van der Waals surface area contributed by atoms with E-state index in [0.29, 0.717) is 30.3 Å². The molecule has 1 fully saturated rings. The van der Waals surface area contributed by atoms with E-state index in [1.807, 2.05) is 37.3 Å². The third-order valence-corrected chi connectivity index (χ3v) is 5.40. The molecule has 0 bridgehead atoms. The molecule has 150 valence electrons. The number of carbonyl (C=O) groups is 1. The molecule has 1 heterocycles. The van der Waals surface area contributed by atoms with Gasteiger partial charge in [0.05, 0.1) is 18.8 Å². The maximum atomic E-state index is 12.8. The Labute approximate surface area is 166 Å².